The first kappa shape index (κ1) is 19.5. The molecule has 0 aliphatic carbocycles. The van der Waals surface area contributed by atoms with Crippen molar-refractivity contribution in [3.8, 4) is 0 Å². The number of sulfonamides is 1. The second kappa shape index (κ2) is 8.60. The molecule has 27 heavy (non-hydrogen) atoms. The lowest BCUT2D eigenvalue weighted by molar-refractivity contribution is 0.0730. The van der Waals surface area contributed by atoms with Crippen LogP contribution in [0.1, 0.15) is 15.9 Å². The number of amides is 1. The quantitative estimate of drug-likeness (QED) is 0.814. The van der Waals surface area contributed by atoms with Gasteiger partial charge in [-0.3, -0.25) is 4.79 Å². The second-order valence-electron chi connectivity index (χ2n) is 6.14. The summed E-state index contributed by atoms with van der Waals surface area (Å²) in [7, 11) is -3.66. The number of ether oxygens (including phenoxy) is 1. The molecule has 0 saturated carbocycles. The highest BCUT2D eigenvalue weighted by Crippen LogP contribution is 2.18. The maximum absolute atomic E-state index is 13.6. The Morgan fingerprint density at radius 2 is 1.85 bits per heavy atom. The third-order valence-corrected chi connectivity index (χ3v) is 6.24. The average Bonchev–Trinajstić information content (AvgIpc) is 2.70. The normalized spacial score (nSPS) is 15.4. The van der Waals surface area contributed by atoms with Crippen molar-refractivity contribution in [2.24, 2.45) is 0 Å². The molecule has 1 N–H and O–H groups in total. The van der Waals surface area contributed by atoms with Crippen LogP contribution < -0.4 is 5.32 Å². The summed E-state index contributed by atoms with van der Waals surface area (Å²) < 4.78 is 45.5. The van der Waals surface area contributed by atoms with E-state index in [4.69, 9.17) is 4.74 Å². The van der Waals surface area contributed by atoms with E-state index in [-0.39, 0.29) is 22.8 Å². The molecule has 0 unspecified atom stereocenters. The third kappa shape index (κ3) is 4.71. The lowest BCUT2D eigenvalue weighted by atomic mass is 10.1. The van der Waals surface area contributed by atoms with Crippen LogP contribution in [-0.2, 0) is 21.2 Å². The van der Waals surface area contributed by atoms with E-state index in [1.54, 1.807) is 30.3 Å². The van der Waals surface area contributed by atoms with Crippen molar-refractivity contribution < 1.29 is 22.3 Å². The number of carbonyl (C=O) groups excluding carboxylic acids is 1. The van der Waals surface area contributed by atoms with E-state index in [0.29, 0.717) is 38.3 Å². The number of carbonyl (C=O) groups is 1. The van der Waals surface area contributed by atoms with Crippen LogP contribution in [0.25, 0.3) is 0 Å². The SMILES string of the molecule is O=C(NCCc1ccccc1F)c1cccc(S(=O)(=O)N2CCOCC2)c1. The van der Waals surface area contributed by atoms with Crippen LogP contribution in [0.15, 0.2) is 53.4 Å². The van der Waals surface area contributed by atoms with Gasteiger partial charge in [-0.1, -0.05) is 24.3 Å². The van der Waals surface area contributed by atoms with Crippen LogP contribution in [0, 0.1) is 5.82 Å². The van der Waals surface area contributed by atoms with E-state index in [2.05, 4.69) is 5.32 Å². The lowest BCUT2D eigenvalue weighted by Crippen LogP contribution is -2.40. The molecular weight excluding hydrogens is 371 g/mol. The van der Waals surface area contributed by atoms with Gasteiger partial charge >= 0.3 is 0 Å². The van der Waals surface area contributed by atoms with Gasteiger partial charge in [0.25, 0.3) is 5.91 Å². The van der Waals surface area contributed by atoms with Crippen LogP contribution >= 0.6 is 0 Å². The summed E-state index contributed by atoms with van der Waals surface area (Å²) in [4.78, 5) is 12.4. The smallest absolute Gasteiger partial charge is 0.251 e. The van der Waals surface area contributed by atoms with E-state index in [1.807, 2.05) is 0 Å². The van der Waals surface area contributed by atoms with Gasteiger partial charge < -0.3 is 10.1 Å². The average molecular weight is 392 g/mol. The van der Waals surface area contributed by atoms with Crippen LogP contribution in [0.5, 0.6) is 0 Å². The van der Waals surface area contributed by atoms with Gasteiger partial charge in [0.1, 0.15) is 5.82 Å². The molecule has 1 heterocycles. The van der Waals surface area contributed by atoms with Crippen LogP contribution in [0.4, 0.5) is 4.39 Å². The van der Waals surface area contributed by atoms with Crippen molar-refractivity contribution in [3.63, 3.8) is 0 Å². The minimum absolute atomic E-state index is 0.0751. The highest BCUT2D eigenvalue weighted by Gasteiger charge is 2.26. The highest BCUT2D eigenvalue weighted by atomic mass is 32.2. The van der Waals surface area contributed by atoms with Gasteiger partial charge in [0.05, 0.1) is 18.1 Å². The molecule has 0 spiro atoms. The summed E-state index contributed by atoms with van der Waals surface area (Å²) in [5, 5.41) is 2.70. The van der Waals surface area contributed by atoms with Crippen molar-refractivity contribution in [1.82, 2.24) is 9.62 Å². The van der Waals surface area contributed by atoms with Crippen molar-refractivity contribution in [2.75, 3.05) is 32.8 Å². The zero-order valence-corrected chi connectivity index (χ0v) is 15.5. The van der Waals surface area contributed by atoms with Crippen molar-refractivity contribution in [1.29, 1.82) is 0 Å². The molecule has 3 rings (SSSR count). The number of rotatable bonds is 6. The van der Waals surface area contributed by atoms with Crippen LogP contribution in [0.2, 0.25) is 0 Å². The van der Waals surface area contributed by atoms with Gasteiger partial charge in [-0.15, -0.1) is 0 Å². The molecule has 1 saturated heterocycles. The van der Waals surface area contributed by atoms with Gasteiger partial charge in [-0.25, -0.2) is 12.8 Å². The minimum atomic E-state index is -3.66. The summed E-state index contributed by atoms with van der Waals surface area (Å²) in [5.41, 5.74) is 0.763. The van der Waals surface area contributed by atoms with E-state index in [9.17, 15) is 17.6 Å². The Kier molecular flexibility index (Phi) is 6.20. The fourth-order valence-electron chi connectivity index (χ4n) is 2.85. The summed E-state index contributed by atoms with van der Waals surface area (Å²) in [6.07, 6.45) is 0.351. The first-order valence-corrected chi connectivity index (χ1v) is 10.1. The Bertz CT molecular complexity index is 911. The summed E-state index contributed by atoms with van der Waals surface area (Å²) in [6, 6.07) is 12.3. The molecule has 1 fully saturated rings. The maximum Gasteiger partial charge on any atom is 0.251 e. The molecule has 1 aliphatic rings. The second-order valence-corrected chi connectivity index (χ2v) is 8.08. The van der Waals surface area contributed by atoms with E-state index < -0.39 is 15.9 Å². The van der Waals surface area contributed by atoms with Gasteiger partial charge in [0.15, 0.2) is 0 Å². The predicted octanol–water partition coefficient (Wildman–Crippen LogP) is 1.82. The van der Waals surface area contributed by atoms with Crippen molar-refractivity contribution >= 4 is 15.9 Å². The third-order valence-electron chi connectivity index (χ3n) is 4.34. The number of hydrogen-bond acceptors (Lipinski definition) is 4. The molecule has 2 aromatic rings. The van der Waals surface area contributed by atoms with Crippen molar-refractivity contribution in [3.05, 3.63) is 65.5 Å². The molecule has 144 valence electrons. The van der Waals surface area contributed by atoms with E-state index in [0.717, 1.165) is 0 Å². The van der Waals surface area contributed by atoms with E-state index >= 15 is 0 Å². The summed E-state index contributed by atoms with van der Waals surface area (Å²) in [6.45, 7) is 1.55. The molecule has 0 aromatic heterocycles. The number of morpholine rings is 1. The van der Waals surface area contributed by atoms with Gasteiger partial charge in [0, 0.05) is 25.2 Å². The summed E-state index contributed by atoms with van der Waals surface area (Å²) in [5.74, 6) is -0.712. The first-order valence-electron chi connectivity index (χ1n) is 8.68. The Morgan fingerprint density at radius 1 is 1.11 bits per heavy atom. The molecule has 0 bridgehead atoms. The predicted molar refractivity (Wildman–Crippen MR) is 98.5 cm³/mol. The van der Waals surface area contributed by atoms with E-state index in [1.165, 1.54) is 22.5 Å². The topological polar surface area (TPSA) is 75.7 Å². The number of hydrogen-bond donors (Lipinski definition) is 1. The molecule has 6 nitrogen and oxygen atoms in total. The lowest BCUT2D eigenvalue weighted by Gasteiger charge is -2.26. The largest absolute Gasteiger partial charge is 0.379 e. The van der Waals surface area contributed by atoms with Crippen LogP contribution in [0.3, 0.4) is 0 Å². The molecule has 8 heteroatoms. The van der Waals surface area contributed by atoms with Crippen molar-refractivity contribution in [2.45, 2.75) is 11.3 Å². The Balaban J connectivity index is 1.66. The molecule has 0 atom stereocenters. The standard InChI is InChI=1S/C19H21FN2O4S/c20-18-7-2-1-4-15(18)8-9-21-19(23)16-5-3-6-17(14-16)27(24,25)22-10-12-26-13-11-22/h1-7,14H,8-13H2,(H,21,23). The molecule has 1 amide bonds. The van der Waals surface area contributed by atoms with Crippen LogP contribution in [-0.4, -0.2) is 51.5 Å². The fourth-order valence-corrected chi connectivity index (χ4v) is 4.30. The number of benzene rings is 2. The zero-order valence-electron chi connectivity index (χ0n) is 14.7. The van der Waals surface area contributed by atoms with Gasteiger partial charge in [-0.05, 0) is 36.2 Å². The highest BCUT2D eigenvalue weighted by molar-refractivity contribution is 7.89. The molecule has 2 aromatic carbocycles. The van der Waals surface area contributed by atoms with Gasteiger partial charge in [-0.2, -0.15) is 4.31 Å². The number of halogens is 1. The number of nitrogens with zero attached hydrogens (tertiary/aromatic N) is 1. The number of nitrogens with one attached hydrogen (secondary N) is 1. The van der Waals surface area contributed by atoms with Gasteiger partial charge in [0.2, 0.25) is 10.0 Å². The maximum atomic E-state index is 13.6. The Labute approximate surface area is 158 Å². The molecule has 1 aliphatic heterocycles. The first-order chi connectivity index (χ1) is 13.0. The fraction of sp³-hybridized carbons (Fsp3) is 0.316. The zero-order chi connectivity index (χ0) is 19.3. The minimum Gasteiger partial charge on any atom is -0.379 e. The molecular formula is C19H21FN2O4S. The summed E-state index contributed by atoms with van der Waals surface area (Å²) >= 11 is 0. The Hall–Kier alpha value is -2.29. The monoisotopic (exact) mass is 392 g/mol. The molecule has 0 radical (unpaired) electrons. The Morgan fingerprint density at radius 3 is 2.59 bits per heavy atom.